The van der Waals surface area contributed by atoms with E-state index in [4.69, 9.17) is 27.9 Å². The summed E-state index contributed by atoms with van der Waals surface area (Å²) >= 11 is 11.9. The van der Waals surface area contributed by atoms with Crippen molar-refractivity contribution in [1.29, 1.82) is 0 Å². The zero-order chi connectivity index (χ0) is 38.1. The van der Waals surface area contributed by atoms with Gasteiger partial charge in [0.2, 0.25) is 0 Å². The number of rotatable bonds is 10. The highest BCUT2D eigenvalue weighted by Gasteiger charge is 2.19. The number of hydrogen-bond acceptors (Lipinski definition) is 8. The van der Waals surface area contributed by atoms with Crippen molar-refractivity contribution in [1.82, 2.24) is 0 Å². The second-order valence-corrected chi connectivity index (χ2v) is 15.6. The van der Waals surface area contributed by atoms with Gasteiger partial charge in [-0.25, -0.2) is 31.2 Å². The standard InChI is InChI=1S/C36H26Cl2N4O9S2/c1-51-35(45)31-19-27(9-13-33(31)38)42-53(49,50)29-11-5-21-3-7-25(15-23(21)17-29)40-36(46)39-24-6-2-20-4-10-28(16-22(20)14-24)52(47,48)41-26-8-12-32(37)30(18-26)34(43)44/h2-19,41-42H,1H3,(H,43,44)(H2,39,40,46). The van der Waals surface area contributed by atoms with Gasteiger partial charge in [0.15, 0.2) is 0 Å². The summed E-state index contributed by atoms with van der Waals surface area (Å²) in [5, 5.41) is 17.1. The number of hydrogen-bond donors (Lipinski definition) is 5. The van der Waals surface area contributed by atoms with Crippen molar-refractivity contribution >= 4 is 106 Å². The van der Waals surface area contributed by atoms with E-state index in [9.17, 15) is 36.3 Å². The molecule has 0 heterocycles. The number of carboxylic acids is 1. The molecule has 17 heteroatoms. The first-order valence-electron chi connectivity index (χ1n) is 15.2. The molecule has 53 heavy (non-hydrogen) atoms. The number of carbonyl (C=O) groups excluding carboxylic acids is 2. The van der Waals surface area contributed by atoms with E-state index in [1.54, 1.807) is 48.5 Å². The van der Waals surface area contributed by atoms with Crippen LogP contribution < -0.4 is 20.1 Å². The second-order valence-electron chi connectivity index (χ2n) is 11.4. The maximum Gasteiger partial charge on any atom is 0.339 e. The maximum absolute atomic E-state index is 13.2. The SMILES string of the molecule is COC(=O)c1cc(NS(=O)(=O)c2ccc3ccc(NC(=O)Nc4ccc5ccc(S(=O)(=O)Nc6ccc(Cl)c(C(=O)O)c6)cc5c4)cc3c2)ccc1Cl. The predicted octanol–water partition coefficient (Wildman–Crippen LogP) is 8.03. The fourth-order valence-corrected chi connectivity index (χ4v) is 7.83. The normalized spacial score (nSPS) is 11.5. The number of carboxylic acid groups (broad SMARTS) is 1. The van der Waals surface area contributed by atoms with Gasteiger partial charge in [0.05, 0.1) is 38.1 Å². The average molecular weight is 794 g/mol. The molecule has 0 unspecified atom stereocenters. The number of methoxy groups -OCH3 is 1. The molecule has 0 saturated heterocycles. The lowest BCUT2D eigenvalue weighted by atomic mass is 10.1. The lowest BCUT2D eigenvalue weighted by molar-refractivity contribution is 0.0600. The minimum atomic E-state index is -4.14. The van der Waals surface area contributed by atoms with Crippen molar-refractivity contribution in [3.63, 3.8) is 0 Å². The van der Waals surface area contributed by atoms with Crippen molar-refractivity contribution in [3.8, 4) is 0 Å². The van der Waals surface area contributed by atoms with Crippen LogP contribution in [0.2, 0.25) is 10.0 Å². The highest BCUT2D eigenvalue weighted by Crippen LogP contribution is 2.29. The summed E-state index contributed by atoms with van der Waals surface area (Å²) < 4.78 is 62.3. The number of benzene rings is 6. The highest BCUT2D eigenvalue weighted by molar-refractivity contribution is 7.93. The molecule has 0 saturated carbocycles. The molecule has 0 aromatic heterocycles. The summed E-state index contributed by atoms with van der Waals surface area (Å²) in [6.45, 7) is 0. The Hall–Kier alpha value is -5.87. The van der Waals surface area contributed by atoms with Crippen LogP contribution in [0.1, 0.15) is 20.7 Å². The van der Waals surface area contributed by atoms with Crippen LogP contribution in [0, 0.1) is 0 Å². The van der Waals surface area contributed by atoms with E-state index in [0.717, 1.165) is 6.07 Å². The number of esters is 1. The quantitative estimate of drug-likeness (QED) is 0.0853. The van der Waals surface area contributed by atoms with E-state index in [1.165, 1.54) is 61.7 Å². The average Bonchev–Trinajstić information content (AvgIpc) is 3.11. The molecule has 0 spiro atoms. The monoisotopic (exact) mass is 792 g/mol. The highest BCUT2D eigenvalue weighted by atomic mass is 35.5. The Labute approximate surface area is 312 Å². The van der Waals surface area contributed by atoms with Crippen LogP contribution >= 0.6 is 23.2 Å². The Kier molecular flexibility index (Phi) is 10.2. The zero-order valence-corrected chi connectivity index (χ0v) is 30.3. The number of anilines is 4. The van der Waals surface area contributed by atoms with Gasteiger partial charge >= 0.3 is 18.0 Å². The second kappa shape index (κ2) is 14.6. The van der Waals surface area contributed by atoms with Gasteiger partial charge in [0.25, 0.3) is 20.0 Å². The summed E-state index contributed by atoms with van der Waals surface area (Å²) in [5.74, 6) is -2.04. The van der Waals surface area contributed by atoms with Crippen molar-refractivity contribution in [2.45, 2.75) is 9.79 Å². The number of carbonyl (C=O) groups is 3. The third kappa shape index (κ3) is 8.29. The van der Waals surface area contributed by atoms with Gasteiger partial charge in [-0.15, -0.1) is 0 Å². The number of ether oxygens (including phenoxy) is 1. The summed E-state index contributed by atoms with van der Waals surface area (Å²) in [7, 11) is -7.07. The van der Waals surface area contributed by atoms with E-state index in [1.807, 2.05) is 0 Å². The topological polar surface area (TPSA) is 197 Å². The number of sulfonamides is 2. The maximum atomic E-state index is 13.2. The van der Waals surface area contributed by atoms with Gasteiger partial charge in [0, 0.05) is 22.7 Å². The molecular formula is C36H26Cl2N4O9S2. The lowest BCUT2D eigenvalue weighted by Gasteiger charge is -2.12. The molecule has 0 aliphatic rings. The summed E-state index contributed by atoms with van der Waals surface area (Å²) in [4.78, 5) is 36.2. The first kappa shape index (κ1) is 36.9. The minimum Gasteiger partial charge on any atom is -0.478 e. The van der Waals surface area contributed by atoms with Crippen LogP contribution in [-0.2, 0) is 24.8 Å². The Morgan fingerprint density at radius 1 is 0.547 bits per heavy atom. The smallest absolute Gasteiger partial charge is 0.339 e. The Morgan fingerprint density at radius 3 is 1.42 bits per heavy atom. The van der Waals surface area contributed by atoms with Gasteiger partial charge in [0.1, 0.15) is 0 Å². The molecule has 0 radical (unpaired) electrons. The van der Waals surface area contributed by atoms with E-state index < -0.39 is 38.0 Å². The van der Waals surface area contributed by atoms with Crippen LogP contribution in [0.4, 0.5) is 27.5 Å². The molecule has 0 aliphatic heterocycles. The van der Waals surface area contributed by atoms with Crippen LogP contribution in [0.3, 0.4) is 0 Å². The largest absolute Gasteiger partial charge is 0.478 e. The van der Waals surface area contributed by atoms with Crippen molar-refractivity contribution < 1.29 is 41.1 Å². The van der Waals surface area contributed by atoms with Crippen LogP contribution in [0.15, 0.2) is 119 Å². The number of fused-ring (bicyclic) bond motifs is 2. The van der Waals surface area contributed by atoms with Crippen molar-refractivity contribution in [2.24, 2.45) is 0 Å². The number of aromatic carboxylic acids is 1. The van der Waals surface area contributed by atoms with Gasteiger partial charge < -0.3 is 20.5 Å². The molecule has 5 N–H and O–H groups in total. The fourth-order valence-electron chi connectivity index (χ4n) is 5.27. The molecule has 0 fully saturated rings. The summed E-state index contributed by atoms with van der Waals surface area (Å²) in [6, 6.07) is 25.8. The Bertz CT molecular complexity index is 2710. The number of urea groups is 1. The number of halogens is 2. The number of nitrogens with one attached hydrogen (secondary N) is 4. The Balaban J connectivity index is 1.17. The molecule has 6 rings (SSSR count). The molecule has 0 bridgehead atoms. The lowest BCUT2D eigenvalue weighted by Crippen LogP contribution is -2.19. The minimum absolute atomic E-state index is 0.00947. The third-order valence-electron chi connectivity index (χ3n) is 7.83. The first-order valence-corrected chi connectivity index (χ1v) is 19.0. The van der Waals surface area contributed by atoms with E-state index in [2.05, 4.69) is 20.1 Å². The van der Waals surface area contributed by atoms with E-state index in [0.29, 0.717) is 32.9 Å². The van der Waals surface area contributed by atoms with Gasteiger partial charge in [-0.1, -0.05) is 47.5 Å². The molecule has 2 amide bonds. The first-order chi connectivity index (χ1) is 25.1. The van der Waals surface area contributed by atoms with Gasteiger partial charge in [-0.05, 0) is 106 Å². The zero-order valence-electron chi connectivity index (χ0n) is 27.2. The molecule has 6 aromatic carbocycles. The van der Waals surface area contributed by atoms with Crippen LogP contribution in [-0.4, -0.2) is 47.0 Å². The molecule has 270 valence electrons. The third-order valence-corrected chi connectivity index (χ3v) is 11.2. The fraction of sp³-hybridized carbons (Fsp3) is 0.0278. The van der Waals surface area contributed by atoms with Crippen molar-refractivity contribution in [3.05, 3.63) is 130 Å². The molecule has 0 aliphatic carbocycles. The van der Waals surface area contributed by atoms with Crippen molar-refractivity contribution in [2.75, 3.05) is 27.2 Å². The molecule has 13 nitrogen and oxygen atoms in total. The Morgan fingerprint density at radius 2 is 0.962 bits per heavy atom. The molecular weight excluding hydrogens is 767 g/mol. The van der Waals surface area contributed by atoms with Gasteiger partial charge in [-0.2, -0.15) is 0 Å². The number of amides is 2. The van der Waals surface area contributed by atoms with Crippen LogP contribution in [0.25, 0.3) is 21.5 Å². The van der Waals surface area contributed by atoms with Crippen LogP contribution in [0.5, 0.6) is 0 Å². The van der Waals surface area contributed by atoms with Gasteiger partial charge in [-0.3, -0.25) is 9.44 Å². The molecule has 0 atom stereocenters. The summed E-state index contributed by atoms with van der Waals surface area (Å²) in [6.07, 6.45) is 0. The predicted molar refractivity (Wildman–Crippen MR) is 203 cm³/mol. The molecule has 6 aromatic rings. The van der Waals surface area contributed by atoms with E-state index in [-0.39, 0.29) is 42.3 Å². The van der Waals surface area contributed by atoms with E-state index >= 15 is 0 Å². The summed E-state index contributed by atoms with van der Waals surface area (Å²) in [5.41, 5.74) is 0.534.